The zero-order valence-electron chi connectivity index (χ0n) is 12.6. The Morgan fingerprint density at radius 1 is 1.20 bits per heavy atom. The number of hydrogen-bond donors (Lipinski definition) is 1. The van der Waals surface area contributed by atoms with E-state index in [1.165, 1.54) is 23.5 Å². The molecule has 9 heteroatoms. The molecule has 0 saturated heterocycles. The molecule has 0 aliphatic carbocycles. The van der Waals surface area contributed by atoms with Crippen LogP contribution in [-0.4, -0.2) is 10.8 Å². The van der Waals surface area contributed by atoms with Crippen molar-refractivity contribution in [1.82, 2.24) is 0 Å². The second-order valence-corrected chi connectivity index (χ2v) is 7.49. The van der Waals surface area contributed by atoms with Crippen LogP contribution in [0.15, 0.2) is 30.3 Å². The van der Waals surface area contributed by atoms with E-state index < -0.39 is 10.8 Å². The molecule has 0 aliphatic heterocycles. The first-order valence-electron chi connectivity index (χ1n) is 6.91. The SMILES string of the molecule is Cc1cc([N+](=O)[O-])c(Cl)cc1NC(=O)c1sc2cc(Cl)ccc2c1Cl. The highest BCUT2D eigenvalue weighted by atomic mass is 35.5. The number of benzene rings is 2. The van der Waals surface area contributed by atoms with Crippen molar-refractivity contribution in [1.29, 1.82) is 0 Å². The first-order valence-corrected chi connectivity index (χ1v) is 8.86. The highest BCUT2D eigenvalue weighted by molar-refractivity contribution is 7.21. The monoisotopic (exact) mass is 414 g/mol. The maximum absolute atomic E-state index is 12.6. The summed E-state index contributed by atoms with van der Waals surface area (Å²) in [6.07, 6.45) is 0. The Morgan fingerprint density at radius 3 is 2.60 bits per heavy atom. The molecule has 0 aliphatic rings. The molecule has 2 aromatic carbocycles. The Kier molecular flexibility index (Phi) is 4.88. The van der Waals surface area contributed by atoms with Gasteiger partial charge in [-0.15, -0.1) is 11.3 Å². The fourth-order valence-electron chi connectivity index (χ4n) is 2.30. The lowest BCUT2D eigenvalue weighted by Gasteiger charge is -2.08. The van der Waals surface area contributed by atoms with Gasteiger partial charge in [-0.2, -0.15) is 0 Å². The van der Waals surface area contributed by atoms with Crippen molar-refractivity contribution in [3.8, 4) is 0 Å². The van der Waals surface area contributed by atoms with Crippen LogP contribution in [0.1, 0.15) is 15.2 Å². The standard InChI is InChI=1S/C16H9Cl3N2O3S/c1-7-4-12(21(23)24)10(18)6-11(7)20-16(22)15-14(19)9-3-2-8(17)5-13(9)25-15/h2-6H,1H3,(H,20,22). The molecule has 1 amide bonds. The molecule has 0 unspecified atom stereocenters. The van der Waals surface area contributed by atoms with E-state index >= 15 is 0 Å². The third kappa shape index (κ3) is 3.43. The van der Waals surface area contributed by atoms with Crippen LogP contribution in [0.4, 0.5) is 11.4 Å². The Hall–Kier alpha value is -1.86. The van der Waals surface area contributed by atoms with Crippen molar-refractivity contribution in [3.63, 3.8) is 0 Å². The number of halogens is 3. The average Bonchev–Trinajstić information content (AvgIpc) is 2.86. The first-order chi connectivity index (χ1) is 11.8. The van der Waals surface area contributed by atoms with Crippen molar-refractivity contribution in [3.05, 3.63) is 66.0 Å². The van der Waals surface area contributed by atoms with Crippen molar-refractivity contribution in [2.75, 3.05) is 5.32 Å². The van der Waals surface area contributed by atoms with Crippen LogP contribution in [0, 0.1) is 17.0 Å². The van der Waals surface area contributed by atoms with E-state index in [2.05, 4.69) is 5.32 Å². The summed E-state index contributed by atoms with van der Waals surface area (Å²) in [7, 11) is 0. The molecule has 25 heavy (non-hydrogen) atoms. The lowest BCUT2D eigenvalue weighted by Crippen LogP contribution is -2.12. The van der Waals surface area contributed by atoms with Crippen LogP contribution in [0.3, 0.4) is 0 Å². The van der Waals surface area contributed by atoms with Gasteiger partial charge < -0.3 is 5.32 Å². The molecule has 0 saturated carbocycles. The number of thiophene rings is 1. The first kappa shape index (κ1) is 17.9. The molecule has 1 heterocycles. The van der Waals surface area contributed by atoms with Gasteiger partial charge in [-0.1, -0.05) is 40.9 Å². The predicted octanol–water partition coefficient (Wildman–Crippen LogP) is 6.33. The largest absolute Gasteiger partial charge is 0.321 e. The maximum Gasteiger partial charge on any atom is 0.288 e. The van der Waals surface area contributed by atoms with E-state index in [-0.39, 0.29) is 10.7 Å². The quantitative estimate of drug-likeness (QED) is 0.401. The lowest BCUT2D eigenvalue weighted by molar-refractivity contribution is -0.384. The summed E-state index contributed by atoms with van der Waals surface area (Å²) < 4.78 is 0.793. The summed E-state index contributed by atoms with van der Waals surface area (Å²) in [6.45, 7) is 1.64. The molecule has 1 N–H and O–H groups in total. The predicted molar refractivity (Wildman–Crippen MR) is 103 cm³/mol. The van der Waals surface area contributed by atoms with Crippen LogP contribution in [0.5, 0.6) is 0 Å². The number of carbonyl (C=O) groups excluding carboxylic acids is 1. The second kappa shape index (κ2) is 6.80. The fourth-order valence-corrected chi connectivity index (χ4v) is 4.23. The number of amides is 1. The van der Waals surface area contributed by atoms with Gasteiger partial charge in [0.15, 0.2) is 0 Å². The number of nitro benzene ring substituents is 1. The molecule has 0 atom stereocenters. The molecule has 128 valence electrons. The highest BCUT2D eigenvalue weighted by Gasteiger charge is 2.20. The van der Waals surface area contributed by atoms with Crippen LogP contribution < -0.4 is 5.32 Å². The number of fused-ring (bicyclic) bond motifs is 1. The topological polar surface area (TPSA) is 72.2 Å². The molecule has 0 spiro atoms. The van der Waals surface area contributed by atoms with Crippen LogP contribution in [-0.2, 0) is 0 Å². The van der Waals surface area contributed by atoms with Gasteiger partial charge >= 0.3 is 0 Å². The molecule has 0 fully saturated rings. The number of carbonyl (C=O) groups is 1. The number of anilines is 1. The van der Waals surface area contributed by atoms with E-state index in [0.717, 1.165) is 10.1 Å². The number of nitrogens with one attached hydrogen (secondary N) is 1. The highest BCUT2D eigenvalue weighted by Crippen LogP contribution is 2.37. The number of rotatable bonds is 3. The molecule has 0 bridgehead atoms. The third-order valence-electron chi connectivity index (χ3n) is 3.54. The van der Waals surface area contributed by atoms with Gasteiger partial charge in [-0.05, 0) is 30.7 Å². The molecule has 3 aromatic rings. The van der Waals surface area contributed by atoms with Gasteiger partial charge in [0, 0.05) is 26.9 Å². The van der Waals surface area contributed by atoms with Crippen molar-refractivity contribution >= 4 is 73.5 Å². The minimum Gasteiger partial charge on any atom is -0.321 e. The molecule has 0 radical (unpaired) electrons. The second-order valence-electron chi connectivity index (χ2n) is 5.22. The zero-order chi connectivity index (χ0) is 18.3. The van der Waals surface area contributed by atoms with Gasteiger partial charge in [0.05, 0.1) is 9.95 Å². The Labute approximate surface area is 161 Å². The summed E-state index contributed by atoms with van der Waals surface area (Å²) in [6, 6.07) is 7.85. The normalized spacial score (nSPS) is 10.9. The number of aryl methyl sites for hydroxylation is 1. The average molecular weight is 416 g/mol. The Bertz CT molecular complexity index is 1030. The van der Waals surface area contributed by atoms with Gasteiger partial charge in [0.1, 0.15) is 9.90 Å². The van der Waals surface area contributed by atoms with Gasteiger partial charge in [-0.3, -0.25) is 14.9 Å². The zero-order valence-corrected chi connectivity index (χ0v) is 15.7. The van der Waals surface area contributed by atoms with Crippen LogP contribution in [0.25, 0.3) is 10.1 Å². The van der Waals surface area contributed by atoms with Gasteiger partial charge in [0.25, 0.3) is 11.6 Å². The summed E-state index contributed by atoms with van der Waals surface area (Å²) in [5, 5.41) is 15.2. The van der Waals surface area contributed by atoms with Crippen molar-refractivity contribution in [2.24, 2.45) is 0 Å². The molecule has 3 rings (SSSR count). The summed E-state index contributed by atoms with van der Waals surface area (Å²) >= 11 is 19.4. The molecule has 5 nitrogen and oxygen atoms in total. The van der Waals surface area contributed by atoms with E-state index in [9.17, 15) is 14.9 Å². The maximum atomic E-state index is 12.6. The number of nitrogens with zero attached hydrogens (tertiary/aromatic N) is 1. The van der Waals surface area contributed by atoms with Gasteiger partial charge in [0.2, 0.25) is 0 Å². The minimum atomic E-state index is -0.576. The molecule has 1 aromatic heterocycles. The molecular formula is C16H9Cl3N2O3S. The van der Waals surface area contributed by atoms with Crippen molar-refractivity contribution < 1.29 is 9.72 Å². The summed E-state index contributed by atoms with van der Waals surface area (Å²) in [4.78, 5) is 23.2. The fraction of sp³-hybridized carbons (Fsp3) is 0.0625. The van der Waals surface area contributed by atoms with Crippen molar-refractivity contribution in [2.45, 2.75) is 6.92 Å². The third-order valence-corrected chi connectivity index (χ3v) is 5.73. The summed E-state index contributed by atoms with van der Waals surface area (Å²) in [5.74, 6) is -0.421. The Morgan fingerprint density at radius 2 is 1.92 bits per heavy atom. The Balaban J connectivity index is 1.97. The van der Waals surface area contributed by atoms with Crippen LogP contribution >= 0.6 is 46.1 Å². The molecular weight excluding hydrogens is 407 g/mol. The van der Waals surface area contributed by atoms with E-state index in [4.69, 9.17) is 34.8 Å². The van der Waals surface area contributed by atoms with E-state index in [1.807, 2.05) is 0 Å². The smallest absolute Gasteiger partial charge is 0.288 e. The van der Waals surface area contributed by atoms with Crippen LogP contribution in [0.2, 0.25) is 15.1 Å². The number of nitro groups is 1. The van der Waals surface area contributed by atoms with E-state index in [0.29, 0.717) is 26.2 Å². The lowest BCUT2D eigenvalue weighted by atomic mass is 10.1. The minimum absolute atomic E-state index is 0.0554. The van der Waals surface area contributed by atoms with Gasteiger partial charge in [-0.25, -0.2) is 0 Å². The number of hydrogen-bond acceptors (Lipinski definition) is 4. The van der Waals surface area contributed by atoms with E-state index in [1.54, 1.807) is 25.1 Å². The summed E-state index contributed by atoms with van der Waals surface area (Å²) in [5.41, 5.74) is 0.684.